The molecule has 1 saturated heterocycles. The van der Waals surface area contributed by atoms with Crippen LogP contribution in [0.1, 0.15) is 26.6 Å². The third-order valence-electron chi connectivity index (χ3n) is 5.04. The van der Waals surface area contributed by atoms with Gasteiger partial charge in [-0.3, -0.25) is 4.90 Å². The van der Waals surface area contributed by atoms with Crippen molar-refractivity contribution in [1.82, 2.24) is 24.7 Å². The third-order valence-corrected chi connectivity index (χ3v) is 5.04. The highest BCUT2D eigenvalue weighted by Crippen LogP contribution is 2.22. The monoisotopic (exact) mass is 380 g/mol. The SMILES string of the molecule is CC(C)(C)c1nnc2ccc(N3CCN(CCOc4ccccc4)CC3)nn12. The number of anilines is 1. The van der Waals surface area contributed by atoms with Crippen LogP contribution < -0.4 is 9.64 Å². The van der Waals surface area contributed by atoms with Gasteiger partial charge in [0.05, 0.1) is 0 Å². The van der Waals surface area contributed by atoms with Gasteiger partial charge in [-0.15, -0.1) is 15.3 Å². The molecule has 1 aliphatic heterocycles. The summed E-state index contributed by atoms with van der Waals surface area (Å²) in [6, 6.07) is 14.0. The summed E-state index contributed by atoms with van der Waals surface area (Å²) in [5.41, 5.74) is 0.702. The lowest BCUT2D eigenvalue weighted by Gasteiger charge is -2.35. The lowest BCUT2D eigenvalue weighted by molar-refractivity contribution is 0.200. The lowest BCUT2D eigenvalue weighted by Crippen LogP contribution is -2.47. The summed E-state index contributed by atoms with van der Waals surface area (Å²) < 4.78 is 7.70. The fourth-order valence-electron chi connectivity index (χ4n) is 3.43. The Bertz CT molecular complexity index is 910. The number of fused-ring (bicyclic) bond motifs is 1. The van der Waals surface area contributed by atoms with Gasteiger partial charge in [0.1, 0.15) is 18.2 Å². The van der Waals surface area contributed by atoms with E-state index in [1.54, 1.807) is 0 Å². The first-order chi connectivity index (χ1) is 13.5. The molecule has 1 aromatic carbocycles. The van der Waals surface area contributed by atoms with E-state index in [0.29, 0.717) is 6.61 Å². The summed E-state index contributed by atoms with van der Waals surface area (Å²) in [5.74, 6) is 2.81. The molecule has 1 fully saturated rings. The van der Waals surface area contributed by atoms with Gasteiger partial charge in [-0.2, -0.15) is 4.52 Å². The van der Waals surface area contributed by atoms with Crippen LogP contribution in [0, 0.1) is 0 Å². The Hall–Kier alpha value is -2.67. The molecule has 7 nitrogen and oxygen atoms in total. The molecule has 1 aliphatic rings. The number of hydrogen-bond donors (Lipinski definition) is 0. The molecule has 0 atom stereocenters. The number of aromatic nitrogens is 4. The Morgan fingerprint density at radius 1 is 0.929 bits per heavy atom. The van der Waals surface area contributed by atoms with E-state index in [4.69, 9.17) is 9.84 Å². The van der Waals surface area contributed by atoms with E-state index in [9.17, 15) is 0 Å². The summed E-state index contributed by atoms with van der Waals surface area (Å²) in [7, 11) is 0. The van der Waals surface area contributed by atoms with Crippen molar-refractivity contribution in [3.8, 4) is 5.75 Å². The first-order valence-electron chi connectivity index (χ1n) is 9.89. The van der Waals surface area contributed by atoms with Gasteiger partial charge in [0.25, 0.3) is 0 Å². The van der Waals surface area contributed by atoms with E-state index in [0.717, 1.165) is 55.8 Å². The van der Waals surface area contributed by atoms with Gasteiger partial charge in [0, 0.05) is 38.1 Å². The minimum Gasteiger partial charge on any atom is -0.492 e. The summed E-state index contributed by atoms with van der Waals surface area (Å²) in [6.45, 7) is 12.0. The second kappa shape index (κ2) is 7.75. The molecule has 7 heteroatoms. The molecule has 0 amide bonds. The Morgan fingerprint density at radius 2 is 1.68 bits per heavy atom. The second-order valence-electron chi connectivity index (χ2n) is 8.23. The number of para-hydroxylation sites is 1. The van der Waals surface area contributed by atoms with Gasteiger partial charge in [-0.05, 0) is 24.3 Å². The minimum atomic E-state index is -0.0948. The van der Waals surface area contributed by atoms with Gasteiger partial charge in [0.2, 0.25) is 0 Å². The average molecular weight is 380 g/mol. The van der Waals surface area contributed by atoms with Crippen molar-refractivity contribution in [3.63, 3.8) is 0 Å². The highest BCUT2D eigenvalue weighted by atomic mass is 16.5. The molecule has 28 heavy (non-hydrogen) atoms. The summed E-state index contributed by atoms with van der Waals surface area (Å²) in [5, 5.41) is 13.4. The number of piperazine rings is 1. The topological polar surface area (TPSA) is 58.8 Å². The Balaban J connectivity index is 1.34. The zero-order valence-electron chi connectivity index (χ0n) is 16.9. The predicted molar refractivity (Wildman–Crippen MR) is 110 cm³/mol. The molecular weight excluding hydrogens is 352 g/mol. The predicted octanol–water partition coefficient (Wildman–Crippen LogP) is 2.62. The maximum Gasteiger partial charge on any atom is 0.178 e. The Kier molecular flexibility index (Phi) is 5.17. The molecule has 3 heterocycles. The maximum atomic E-state index is 5.82. The Morgan fingerprint density at radius 3 is 2.39 bits per heavy atom. The molecule has 0 saturated carbocycles. The standard InChI is InChI=1S/C21H28N6O/c1-21(2,3)20-23-22-18-9-10-19(24-27(18)20)26-13-11-25(12-14-26)15-16-28-17-7-5-4-6-8-17/h4-10H,11-16H2,1-3H3. The van der Waals surface area contributed by atoms with Crippen molar-refractivity contribution in [2.24, 2.45) is 0 Å². The number of rotatable bonds is 5. The lowest BCUT2D eigenvalue weighted by atomic mass is 9.96. The molecule has 3 aromatic rings. The van der Waals surface area contributed by atoms with Crippen molar-refractivity contribution < 1.29 is 4.74 Å². The number of nitrogens with zero attached hydrogens (tertiary/aromatic N) is 6. The Labute approximate surface area is 165 Å². The van der Waals surface area contributed by atoms with Crippen LogP contribution in [0.25, 0.3) is 5.65 Å². The summed E-state index contributed by atoms with van der Waals surface area (Å²) in [6.07, 6.45) is 0. The molecule has 4 rings (SSSR count). The highest BCUT2D eigenvalue weighted by Gasteiger charge is 2.23. The minimum absolute atomic E-state index is 0.0948. The van der Waals surface area contributed by atoms with Crippen LogP contribution in [0.2, 0.25) is 0 Å². The third kappa shape index (κ3) is 4.09. The quantitative estimate of drug-likeness (QED) is 0.678. The zero-order valence-corrected chi connectivity index (χ0v) is 16.9. The van der Waals surface area contributed by atoms with Crippen LogP contribution >= 0.6 is 0 Å². The molecule has 0 unspecified atom stereocenters. The van der Waals surface area contributed by atoms with Crippen LogP contribution in [0.3, 0.4) is 0 Å². The molecule has 0 spiro atoms. The van der Waals surface area contributed by atoms with Crippen LogP contribution in [0.4, 0.5) is 5.82 Å². The van der Waals surface area contributed by atoms with Crippen molar-refractivity contribution in [3.05, 3.63) is 48.3 Å². The molecule has 0 N–H and O–H groups in total. The molecular formula is C21H28N6O. The first kappa shape index (κ1) is 18.7. The highest BCUT2D eigenvalue weighted by molar-refractivity contribution is 5.46. The molecule has 0 aliphatic carbocycles. The molecule has 148 valence electrons. The molecule has 0 radical (unpaired) electrons. The van der Waals surface area contributed by atoms with Crippen molar-refractivity contribution in [1.29, 1.82) is 0 Å². The maximum absolute atomic E-state index is 5.82. The van der Waals surface area contributed by atoms with Gasteiger partial charge < -0.3 is 9.64 Å². The second-order valence-corrected chi connectivity index (χ2v) is 8.23. The van der Waals surface area contributed by atoms with Crippen molar-refractivity contribution in [2.45, 2.75) is 26.2 Å². The molecule has 0 bridgehead atoms. The van der Waals surface area contributed by atoms with E-state index in [1.165, 1.54) is 0 Å². The van der Waals surface area contributed by atoms with E-state index in [-0.39, 0.29) is 5.41 Å². The summed E-state index contributed by atoms with van der Waals surface area (Å²) in [4.78, 5) is 4.78. The number of hydrogen-bond acceptors (Lipinski definition) is 6. The largest absolute Gasteiger partial charge is 0.492 e. The fourth-order valence-corrected chi connectivity index (χ4v) is 3.43. The van der Waals surface area contributed by atoms with Crippen molar-refractivity contribution >= 4 is 11.5 Å². The van der Waals surface area contributed by atoms with Crippen molar-refractivity contribution in [2.75, 3.05) is 44.2 Å². The smallest absolute Gasteiger partial charge is 0.178 e. The summed E-state index contributed by atoms with van der Waals surface area (Å²) >= 11 is 0. The van der Waals surface area contributed by atoms with E-state index < -0.39 is 0 Å². The number of ether oxygens (including phenoxy) is 1. The average Bonchev–Trinajstić information content (AvgIpc) is 3.13. The zero-order chi connectivity index (χ0) is 19.6. The normalized spacial score (nSPS) is 15.9. The van der Waals surface area contributed by atoms with Crippen LogP contribution in [-0.4, -0.2) is 64.0 Å². The van der Waals surface area contributed by atoms with E-state index >= 15 is 0 Å². The molecule has 2 aromatic heterocycles. The fraction of sp³-hybridized carbons (Fsp3) is 0.476. The van der Waals surface area contributed by atoms with E-state index in [1.807, 2.05) is 47.0 Å². The van der Waals surface area contributed by atoms with Crippen LogP contribution in [0.5, 0.6) is 5.75 Å². The van der Waals surface area contributed by atoms with Crippen LogP contribution in [0.15, 0.2) is 42.5 Å². The van der Waals surface area contributed by atoms with Gasteiger partial charge in [0.15, 0.2) is 11.5 Å². The van der Waals surface area contributed by atoms with E-state index in [2.05, 4.69) is 40.8 Å². The van der Waals surface area contributed by atoms with Crippen LogP contribution in [-0.2, 0) is 5.41 Å². The van der Waals surface area contributed by atoms with Gasteiger partial charge in [-0.1, -0.05) is 39.0 Å². The first-order valence-corrected chi connectivity index (χ1v) is 9.89. The van der Waals surface area contributed by atoms with Gasteiger partial charge >= 0.3 is 0 Å². The number of benzene rings is 1. The van der Waals surface area contributed by atoms with Gasteiger partial charge in [-0.25, -0.2) is 0 Å².